The number of rotatable bonds is 13. The lowest BCUT2D eigenvalue weighted by atomic mass is 9.98. The second-order valence-electron chi connectivity index (χ2n) is 11.8. The van der Waals surface area contributed by atoms with Gasteiger partial charge in [0.1, 0.15) is 25.3 Å². The lowest BCUT2D eigenvalue weighted by molar-refractivity contribution is -0.139. The van der Waals surface area contributed by atoms with Crippen LogP contribution in [-0.2, 0) is 42.7 Å². The van der Waals surface area contributed by atoms with Crippen LogP contribution in [0.2, 0.25) is 0 Å². The van der Waals surface area contributed by atoms with Crippen LogP contribution in [0.4, 0.5) is 9.59 Å². The molecule has 16 heteroatoms. The van der Waals surface area contributed by atoms with Crippen molar-refractivity contribution in [1.29, 1.82) is 0 Å². The Morgan fingerprint density at radius 2 is 0.870 bits per heavy atom. The Morgan fingerprint density at radius 3 is 1.11 bits per heavy atom. The van der Waals surface area contributed by atoms with Gasteiger partial charge in [-0.3, -0.25) is 0 Å². The van der Waals surface area contributed by atoms with Gasteiger partial charge in [0.15, 0.2) is 0 Å². The normalized spacial score (nSPS) is 13.3. The average molecular weight is 841 g/mol. The monoisotopic (exact) mass is 840 g/mol. The zero-order chi connectivity index (χ0) is 39.0. The molecule has 0 unspecified atom stereocenters. The minimum Gasteiger partial charge on any atom is -0.480 e. The van der Waals surface area contributed by atoms with Crippen molar-refractivity contribution in [3.05, 3.63) is 119 Å². The number of thioether (sulfide) groups is 2. The topological polar surface area (TPSA) is 151 Å². The fourth-order valence-electron chi connectivity index (χ4n) is 6.25. The van der Waals surface area contributed by atoms with E-state index >= 15 is 0 Å². The second-order valence-corrected chi connectivity index (χ2v) is 17.9. The van der Waals surface area contributed by atoms with E-state index in [1.54, 1.807) is 12.5 Å². The van der Waals surface area contributed by atoms with Crippen LogP contribution in [0.1, 0.15) is 34.1 Å². The maximum Gasteiger partial charge on any atom is 0.407 e. The second kappa shape index (κ2) is 21.9. The third kappa shape index (κ3) is 11.3. The fraction of sp³-hybridized carbons (Fsp3) is 0.263. The van der Waals surface area contributed by atoms with E-state index in [1.807, 2.05) is 72.8 Å². The molecule has 54 heavy (non-hydrogen) atoms. The first kappa shape index (κ1) is 42.8. The SMILES string of the molecule is CSC[C@@H](NC(=O)OCC1c2ccccc2-c2ccccc21)C(=O)O.CSC[C@H](NC(=O)OCC1c2ccccc2-c2ccccc21)C(=O)O.S=PP=S. The number of nitrogens with one attached hydrogen (secondary N) is 2. The first-order valence-corrected chi connectivity index (χ1v) is 23.8. The van der Waals surface area contributed by atoms with Crippen molar-refractivity contribution in [2.75, 3.05) is 37.2 Å². The number of carboxylic acids is 2. The molecular weight excluding hydrogens is 803 g/mol. The number of ether oxygens (including phenoxy) is 2. The number of carboxylic acid groups (broad SMARTS) is 2. The maximum absolute atomic E-state index is 12.0. The van der Waals surface area contributed by atoms with Crippen LogP contribution < -0.4 is 10.6 Å². The highest BCUT2D eigenvalue weighted by atomic mass is 32.7. The van der Waals surface area contributed by atoms with Gasteiger partial charge < -0.3 is 30.3 Å². The summed E-state index contributed by atoms with van der Waals surface area (Å²) >= 11 is 11.5. The number of fused-ring (bicyclic) bond motifs is 6. The molecule has 2 aliphatic carbocycles. The van der Waals surface area contributed by atoms with Crippen LogP contribution in [0.5, 0.6) is 0 Å². The number of hydrogen-bond acceptors (Lipinski definition) is 10. The van der Waals surface area contributed by atoms with Crippen LogP contribution in [-0.4, -0.2) is 83.7 Å². The molecule has 0 saturated carbocycles. The highest BCUT2D eigenvalue weighted by molar-refractivity contribution is 8.40. The first-order valence-electron chi connectivity index (χ1n) is 16.5. The zero-order valence-corrected chi connectivity index (χ0v) is 34.3. The molecule has 4 N–H and O–H groups in total. The third-order valence-corrected chi connectivity index (χ3v) is 12.6. The first-order chi connectivity index (χ1) is 26.1. The number of carbonyl (C=O) groups is 4. The van der Waals surface area contributed by atoms with Crippen LogP contribution >= 0.6 is 37.6 Å². The molecule has 4 aromatic carbocycles. The highest BCUT2D eigenvalue weighted by Gasteiger charge is 2.31. The van der Waals surface area contributed by atoms with E-state index in [-0.39, 0.29) is 25.0 Å². The number of aliphatic carboxylic acids is 2. The molecule has 0 spiro atoms. The molecule has 0 radical (unpaired) electrons. The Labute approximate surface area is 335 Å². The number of alkyl carbamates (subject to hydrolysis) is 2. The van der Waals surface area contributed by atoms with Crippen molar-refractivity contribution >= 4 is 85.4 Å². The van der Waals surface area contributed by atoms with E-state index in [9.17, 15) is 19.2 Å². The van der Waals surface area contributed by atoms with Crippen LogP contribution in [0.25, 0.3) is 22.3 Å². The number of benzene rings is 4. The van der Waals surface area contributed by atoms with Crippen molar-refractivity contribution in [3.8, 4) is 22.3 Å². The average Bonchev–Trinajstić information content (AvgIpc) is 3.68. The Kier molecular flexibility index (Phi) is 17.3. The predicted molar refractivity (Wildman–Crippen MR) is 225 cm³/mol. The van der Waals surface area contributed by atoms with E-state index < -0.39 is 36.2 Å². The Hall–Kier alpha value is -3.90. The molecule has 282 valence electrons. The Bertz CT molecular complexity index is 1740. The van der Waals surface area contributed by atoms with Gasteiger partial charge >= 0.3 is 24.1 Å². The van der Waals surface area contributed by atoms with Gasteiger partial charge in [-0.05, 0) is 80.6 Å². The summed E-state index contributed by atoms with van der Waals surface area (Å²) < 4.78 is 10.7. The van der Waals surface area contributed by atoms with Gasteiger partial charge in [0.2, 0.25) is 0 Å². The van der Waals surface area contributed by atoms with Gasteiger partial charge in [0.25, 0.3) is 0 Å². The summed E-state index contributed by atoms with van der Waals surface area (Å²) in [6.45, 7) is 0.344. The van der Waals surface area contributed by atoms with E-state index in [0.29, 0.717) is 11.5 Å². The van der Waals surface area contributed by atoms with Crippen molar-refractivity contribution in [3.63, 3.8) is 0 Å². The molecule has 4 aromatic rings. The molecule has 0 aliphatic heterocycles. The Balaban J connectivity index is 0.000000219. The molecule has 2 aliphatic rings. The van der Waals surface area contributed by atoms with Crippen LogP contribution in [0.3, 0.4) is 0 Å². The summed E-state index contributed by atoms with van der Waals surface area (Å²) in [6, 6.07) is 30.3. The Morgan fingerprint density at radius 1 is 0.593 bits per heavy atom. The third-order valence-electron chi connectivity index (χ3n) is 8.57. The number of amides is 2. The molecule has 0 bridgehead atoms. The van der Waals surface area contributed by atoms with Crippen LogP contribution in [0.15, 0.2) is 97.1 Å². The molecule has 2 amide bonds. The zero-order valence-electron chi connectivity index (χ0n) is 29.2. The quantitative estimate of drug-likeness (QED) is 0.0958. The largest absolute Gasteiger partial charge is 0.480 e. The van der Waals surface area contributed by atoms with Crippen molar-refractivity contribution in [2.24, 2.45) is 0 Å². The lowest BCUT2D eigenvalue weighted by Crippen LogP contribution is -2.43. The van der Waals surface area contributed by atoms with Crippen LogP contribution in [0, 0.1) is 0 Å². The van der Waals surface area contributed by atoms with E-state index in [1.165, 1.54) is 23.5 Å². The summed E-state index contributed by atoms with van der Waals surface area (Å²) in [5, 5.41) is 23.0. The summed E-state index contributed by atoms with van der Waals surface area (Å²) in [5.74, 6) is -1.63. The molecule has 6 rings (SSSR count). The van der Waals surface area contributed by atoms with Gasteiger partial charge in [-0.1, -0.05) is 97.1 Å². The van der Waals surface area contributed by atoms with Crippen molar-refractivity contribution < 1.29 is 38.9 Å². The van der Waals surface area contributed by atoms with E-state index in [2.05, 4.69) is 58.5 Å². The van der Waals surface area contributed by atoms with Gasteiger partial charge in [0, 0.05) is 37.4 Å². The lowest BCUT2D eigenvalue weighted by Gasteiger charge is -2.17. The minimum absolute atomic E-state index is 0.0398. The van der Waals surface area contributed by atoms with Gasteiger partial charge in [-0.25, -0.2) is 19.2 Å². The van der Waals surface area contributed by atoms with Crippen molar-refractivity contribution in [2.45, 2.75) is 23.9 Å². The molecular formula is C38H38N2O8P2S4. The van der Waals surface area contributed by atoms with E-state index in [0.717, 1.165) is 58.6 Å². The predicted octanol–water partition coefficient (Wildman–Crippen LogP) is 8.40. The number of hydrogen-bond donors (Lipinski definition) is 4. The van der Waals surface area contributed by atoms with Crippen molar-refractivity contribution in [1.82, 2.24) is 10.6 Å². The minimum atomic E-state index is -1.07. The maximum atomic E-state index is 12.0. The molecule has 2 atom stereocenters. The fourth-order valence-corrected chi connectivity index (χ4v) is 7.37. The molecule has 0 saturated heterocycles. The standard InChI is InChI=1S/2C19H19NO4S.P2S2/c2*1-25-11-17(18(21)22)20-19(23)24-10-16-14-8-4-2-6-12(14)13-7-3-5-9-15(13)16;3-1-2-4/h2*2-9,16-17H,10-11H2,1H3,(H,20,23)(H,21,22);/t2*17-;/m10./s1. The van der Waals surface area contributed by atoms with Gasteiger partial charge in [-0.2, -0.15) is 23.5 Å². The van der Waals surface area contributed by atoms with Gasteiger partial charge in [0.05, 0.1) is 0 Å². The highest BCUT2D eigenvalue weighted by Crippen LogP contribution is 2.45. The molecule has 10 nitrogen and oxygen atoms in total. The summed E-state index contributed by atoms with van der Waals surface area (Å²) in [4.78, 5) is 46.3. The number of carbonyl (C=O) groups excluding carboxylic acids is 2. The van der Waals surface area contributed by atoms with Gasteiger partial charge in [-0.15, -0.1) is 0 Å². The smallest absolute Gasteiger partial charge is 0.407 e. The van der Waals surface area contributed by atoms with E-state index in [4.69, 9.17) is 19.7 Å². The molecule has 0 aromatic heterocycles. The summed E-state index contributed by atoms with van der Waals surface area (Å²) in [6.07, 6.45) is 2.16. The summed E-state index contributed by atoms with van der Waals surface area (Å²) in [5.41, 5.74) is 9.09. The summed E-state index contributed by atoms with van der Waals surface area (Å²) in [7, 11) is 1.74. The molecule has 0 heterocycles. The molecule has 0 fully saturated rings.